The number of rotatable bonds is 5. The Labute approximate surface area is 144 Å². The van der Waals surface area contributed by atoms with E-state index in [4.69, 9.17) is 16.3 Å². The van der Waals surface area contributed by atoms with Crippen LogP contribution in [0.2, 0.25) is 0 Å². The van der Waals surface area contributed by atoms with E-state index < -0.39 is 0 Å². The van der Waals surface area contributed by atoms with Crippen molar-refractivity contribution in [2.75, 3.05) is 6.61 Å². The highest BCUT2D eigenvalue weighted by Crippen LogP contribution is 2.28. The van der Waals surface area contributed by atoms with Gasteiger partial charge in [0, 0.05) is 6.42 Å². The summed E-state index contributed by atoms with van der Waals surface area (Å²) in [4.78, 5) is 11.4. The van der Waals surface area contributed by atoms with Crippen LogP contribution in [-0.2, 0) is 9.53 Å². The van der Waals surface area contributed by atoms with Gasteiger partial charge in [-0.1, -0.05) is 74.6 Å². The van der Waals surface area contributed by atoms with Crippen LogP contribution in [0.15, 0.2) is 48.1 Å². The third kappa shape index (κ3) is 7.32. The fourth-order valence-electron chi connectivity index (χ4n) is 3.27. The molecule has 2 aliphatic rings. The van der Waals surface area contributed by atoms with Crippen molar-refractivity contribution in [2.45, 2.75) is 57.5 Å². The molecule has 126 valence electrons. The van der Waals surface area contributed by atoms with Crippen LogP contribution in [0, 0.1) is 5.92 Å². The predicted molar refractivity (Wildman–Crippen MR) is 96.5 cm³/mol. The van der Waals surface area contributed by atoms with Crippen LogP contribution in [0.5, 0.6) is 0 Å². The van der Waals surface area contributed by atoms with Crippen molar-refractivity contribution < 1.29 is 9.53 Å². The molecule has 0 spiro atoms. The number of allylic oxidation sites excluding steroid dienone is 6. The summed E-state index contributed by atoms with van der Waals surface area (Å²) in [6, 6.07) is 0. The van der Waals surface area contributed by atoms with Gasteiger partial charge in [0.15, 0.2) is 0 Å². The molecule has 1 fully saturated rings. The van der Waals surface area contributed by atoms with Crippen molar-refractivity contribution in [3.05, 3.63) is 48.1 Å². The molecule has 0 aromatic carbocycles. The molecule has 23 heavy (non-hydrogen) atoms. The van der Waals surface area contributed by atoms with Crippen molar-refractivity contribution in [1.29, 1.82) is 0 Å². The first kappa shape index (κ1) is 18.2. The van der Waals surface area contributed by atoms with Gasteiger partial charge in [0.1, 0.15) is 0 Å². The van der Waals surface area contributed by atoms with Crippen LogP contribution < -0.4 is 0 Å². The van der Waals surface area contributed by atoms with Crippen LogP contribution in [0.4, 0.5) is 0 Å². The summed E-state index contributed by atoms with van der Waals surface area (Å²) in [5.74, 6) is 0.256. The maximum atomic E-state index is 11.4. The van der Waals surface area contributed by atoms with Crippen molar-refractivity contribution >= 4 is 16.8 Å². The summed E-state index contributed by atoms with van der Waals surface area (Å²) in [6.45, 7) is 0.590. The smallest absolute Gasteiger partial charge is 0.222 e. The first-order valence-electron chi connectivity index (χ1n) is 8.76. The molecule has 0 aromatic heterocycles. The van der Waals surface area contributed by atoms with Crippen LogP contribution in [0.25, 0.3) is 0 Å². The zero-order valence-corrected chi connectivity index (χ0v) is 14.5. The Morgan fingerprint density at radius 2 is 1.70 bits per heavy atom. The van der Waals surface area contributed by atoms with E-state index in [0.29, 0.717) is 13.0 Å². The van der Waals surface area contributed by atoms with Crippen molar-refractivity contribution in [3.63, 3.8) is 0 Å². The normalized spacial score (nSPS) is 32.1. The van der Waals surface area contributed by atoms with Gasteiger partial charge in [0.25, 0.3) is 0 Å². The number of halogens is 1. The Morgan fingerprint density at radius 1 is 1.00 bits per heavy atom. The second-order valence-electron chi connectivity index (χ2n) is 6.38. The minimum absolute atomic E-state index is 0.134. The summed E-state index contributed by atoms with van der Waals surface area (Å²) < 4.78 is 6.24. The van der Waals surface area contributed by atoms with E-state index >= 15 is 0 Å². The summed E-state index contributed by atoms with van der Waals surface area (Å²) in [7, 11) is 0. The van der Waals surface area contributed by atoms with Crippen LogP contribution in [0.3, 0.4) is 0 Å². The molecule has 2 unspecified atom stereocenters. The standard InChI is InChI=1S/C20H27ClO2/c21-20(22)15-18-13-9-5-2-6-10-14-19(18)23-16-17-11-7-3-1-4-8-12-17/h1,3-4,7-8,11-12,18-19H,2,5-6,9-10,13-16H2/b3-1-,4-1?,7-3?,8-4-,11-7-,12-8?,17-11?,17-12+. The topological polar surface area (TPSA) is 26.3 Å². The molecule has 2 rings (SSSR count). The molecule has 2 aliphatic carbocycles. The highest BCUT2D eigenvalue weighted by molar-refractivity contribution is 6.63. The van der Waals surface area contributed by atoms with Crippen LogP contribution in [0.1, 0.15) is 51.4 Å². The maximum Gasteiger partial charge on any atom is 0.222 e. The molecule has 0 N–H and O–H groups in total. The monoisotopic (exact) mass is 334 g/mol. The van der Waals surface area contributed by atoms with Crippen LogP contribution >= 0.6 is 11.6 Å². The van der Waals surface area contributed by atoms with E-state index in [1.807, 2.05) is 30.4 Å². The third-order valence-electron chi connectivity index (χ3n) is 4.54. The summed E-state index contributed by atoms with van der Waals surface area (Å²) in [5, 5.41) is -0.235. The molecule has 0 aliphatic heterocycles. The lowest BCUT2D eigenvalue weighted by Crippen LogP contribution is -2.26. The lowest BCUT2D eigenvalue weighted by atomic mass is 9.91. The van der Waals surface area contributed by atoms with Crippen LogP contribution in [-0.4, -0.2) is 18.0 Å². The van der Waals surface area contributed by atoms with Gasteiger partial charge in [-0.25, -0.2) is 0 Å². The second-order valence-corrected chi connectivity index (χ2v) is 6.81. The number of ether oxygens (including phenoxy) is 1. The molecule has 1 saturated carbocycles. The number of hydrogen-bond acceptors (Lipinski definition) is 2. The van der Waals surface area contributed by atoms with Gasteiger partial charge in [-0.3, -0.25) is 4.79 Å². The first-order chi connectivity index (χ1) is 11.3. The molecule has 3 heteroatoms. The van der Waals surface area contributed by atoms with Gasteiger partial charge in [0.05, 0.1) is 12.7 Å². The van der Waals surface area contributed by atoms with Gasteiger partial charge in [-0.05, 0) is 35.9 Å². The minimum atomic E-state index is -0.235. The van der Waals surface area contributed by atoms with E-state index in [2.05, 4.69) is 12.2 Å². The first-order valence-corrected chi connectivity index (χ1v) is 9.14. The van der Waals surface area contributed by atoms with E-state index in [0.717, 1.165) is 18.4 Å². The van der Waals surface area contributed by atoms with E-state index in [1.165, 1.54) is 32.1 Å². The molecule has 0 aromatic rings. The van der Waals surface area contributed by atoms with E-state index in [9.17, 15) is 4.79 Å². The Balaban J connectivity index is 1.97. The molecule has 0 heterocycles. The third-order valence-corrected chi connectivity index (χ3v) is 4.70. The summed E-state index contributed by atoms with van der Waals surface area (Å²) in [5.41, 5.74) is 1.15. The Kier molecular flexibility index (Phi) is 8.41. The Morgan fingerprint density at radius 3 is 2.52 bits per heavy atom. The van der Waals surface area contributed by atoms with Gasteiger partial charge in [0.2, 0.25) is 5.24 Å². The Hall–Kier alpha value is -1.12. The predicted octanol–water partition coefficient (Wildman–Crippen LogP) is 5.50. The highest BCUT2D eigenvalue weighted by atomic mass is 35.5. The van der Waals surface area contributed by atoms with Crippen molar-refractivity contribution in [3.8, 4) is 0 Å². The van der Waals surface area contributed by atoms with Gasteiger partial charge in [-0.15, -0.1) is 0 Å². The van der Waals surface area contributed by atoms with Gasteiger partial charge < -0.3 is 4.74 Å². The fourth-order valence-corrected chi connectivity index (χ4v) is 3.47. The molecular formula is C20H27ClO2. The van der Waals surface area contributed by atoms with Gasteiger partial charge in [-0.2, -0.15) is 0 Å². The average molecular weight is 335 g/mol. The van der Waals surface area contributed by atoms with E-state index in [-0.39, 0.29) is 17.3 Å². The lowest BCUT2D eigenvalue weighted by molar-refractivity contribution is -0.114. The van der Waals surface area contributed by atoms with E-state index in [1.54, 1.807) is 0 Å². The highest BCUT2D eigenvalue weighted by Gasteiger charge is 2.24. The second kappa shape index (κ2) is 10.6. The molecular weight excluding hydrogens is 308 g/mol. The zero-order valence-electron chi connectivity index (χ0n) is 13.8. The SMILES string of the molecule is O=C(Cl)CC1CCCCCCCC1OCC1=C/C=C\C=C/C=C\1. The molecule has 0 bridgehead atoms. The average Bonchev–Trinajstić information content (AvgIpc) is 2.58. The maximum absolute atomic E-state index is 11.4. The largest absolute Gasteiger partial charge is 0.373 e. The van der Waals surface area contributed by atoms with Crippen molar-refractivity contribution in [1.82, 2.24) is 0 Å². The van der Waals surface area contributed by atoms with Gasteiger partial charge >= 0.3 is 0 Å². The minimum Gasteiger partial charge on any atom is -0.373 e. The fraction of sp³-hybridized carbons (Fsp3) is 0.550. The molecule has 0 saturated heterocycles. The summed E-state index contributed by atoms with van der Waals surface area (Å²) in [6.07, 6.45) is 23.0. The molecule has 2 atom stereocenters. The molecule has 0 radical (unpaired) electrons. The number of carbonyl (C=O) groups is 1. The molecule has 0 amide bonds. The van der Waals surface area contributed by atoms with Crippen molar-refractivity contribution in [2.24, 2.45) is 5.92 Å². The molecule has 2 nitrogen and oxygen atoms in total. The summed E-state index contributed by atoms with van der Waals surface area (Å²) >= 11 is 5.67. The number of carbonyl (C=O) groups excluding carboxylic acids is 1. The zero-order chi connectivity index (χ0) is 16.3. The quantitative estimate of drug-likeness (QED) is 0.621. The Bertz CT molecular complexity index is 488. The number of hydrogen-bond donors (Lipinski definition) is 0. The lowest BCUT2D eigenvalue weighted by Gasteiger charge is -2.26.